The molecule has 0 spiro atoms. The maximum Gasteiger partial charge on any atom is 0.246 e. The van der Waals surface area contributed by atoms with E-state index in [0.717, 1.165) is 43.4 Å². The summed E-state index contributed by atoms with van der Waals surface area (Å²) in [6, 6.07) is 14.9. The Kier molecular flexibility index (Phi) is 10.5. The minimum absolute atomic E-state index is 0.123. The highest BCUT2D eigenvalue weighted by molar-refractivity contribution is 5.99. The van der Waals surface area contributed by atoms with Crippen molar-refractivity contribution in [3.63, 3.8) is 0 Å². The van der Waals surface area contributed by atoms with Crippen molar-refractivity contribution in [2.75, 3.05) is 40.4 Å². The average molecular weight is 551 g/mol. The molecular formula is C31H42N4O5. The second-order valence-corrected chi connectivity index (χ2v) is 11.0. The lowest BCUT2D eigenvalue weighted by Gasteiger charge is -2.38. The molecule has 2 aliphatic rings. The molecule has 4 atom stereocenters. The van der Waals surface area contributed by atoms with E-state index in [2.05, 4.69) is 29.6 Å². The van der Waals surface area contributed by atoms with E-state index in [1.807, 2.05) is 42.5 Å². The molecule has 9 heteroatoms. The van der Waals surface area contributed by atoms with Gasteiger partial charge in [0.05, 0.1) is 18.6 Å². The van der Waals surface area contributed by atoms with Gasteiger partial charge in [0.2, 0.25) is 17.7 Å². The summed E-state index contributed by atoms with van der Waals surface area (Å²) < 4.78 is 5.63. The zero-order valence-corrected chi connectivity index (χ0v) is 23.6. The lowest BCUT2D eigenvalue weighted by Crippen LogP contribution is -2.62. The van der Waals surface area contributed by atoms with Crippen LogP contribution in [0, 0.1) is 5.92 Å². The second kappa shape index (κ2) is 14.3. The van der Waals surface area contributed by atoms with Gasteiger partial charge in [0.1, 0.15) is 24.4 Å². The third-order valence-electron chi connectivity index (χ3n) is 7.68. The number of amides is 3. The summed E-state index contributed by atoms with van der Waals surface area (Å²) in [4.78, 5) is 44.5. The van der Waals surface area contributed by atoms with Crippen LogP contribution in [0.4, 0.5) is 0 Å². The summed E-state index contributed by atoms with van der Waals surface area (Å²) in [7, 11) is 4.13. The summed E-state index contributed by atoms with van der Waals surface area (Å²) in [5.41, 5.74) is 1.69. The maximum atomic E-state index is 13.9. The summed E-state index contributed by atoms with van der Waals surface area (Å²) in [5.74, 6) is -0.584. The highest BCUT2D eigenvalue weighted by Crippen LogP contribution is 2.44. The minimum Gasteiger partial charge on any atom is -0.491 e. The lowest BCUT2D eigenvalue weighted by atomic mass is 9.92. The van der Waals surface area contributed by atoms with Crippen molar-refractivity contribution in [1.82, 2.24) is 20.4 Å². The molecule has 2 fully saturated rings. The molecule has 0 aliphatic carbocycles. The first-order valence-corrected chi connectivity index (χ1v) is 14.3. The van der Waals surface area contributed by atoms with Crippen molar-refractivity contribution in [3.8, 4) is 5.75 Å². The molecule has 4 rings (SSSR count). The van der Waals surface area contributed by atoms with Crippen molar-refractivity contribution in [3.05, 3.63) is 65.7 Å². The first kappa shape index (κ1) is 29.6. The number of aliphatic hydroxyl groups excluding tert-OH is 1. The Bertz CT molecular complexity index is 1140. The fraction of sp³-hybridized carbons (Fsp3) is 0.516. The first-order valence-electron chi connectivity index (χ1n) is 14.3. The van der Waals surface area contributed by atoms with E-state index in [4.69, 9.17) is 4.74 Å². The van der Waals surface area contributed by atoms with Gasteiger partial charge in [-0.3, -0.25) is 14.4 Å². The van der Waals surface area contributed by atoms with Crippen molar-refractivity contribution in [1.29, 1.82) is 0 Å². The number of piperazine rings is 1. The van der Waals surface area contributed by atoms with E-state index in [9.17, 15) is 19.5 Å². The van der Waals surface area contributed by atoms with Crippen molar-refractivity contribution in [2.24, 2.45) is 5.92 Å². The third kappa shape index (κ3) is 7.40. The molecule has 2 saturated heterocycles. The monoisotopic (exact) mass is 550 g/mol. The van der Waals surface area contributed by atoms with Crippen LogP contribution < -0.4 is 15.4 Å². The fourth-order valence-electron chi connectivity index (χ4n) is 5.74. The summed E-state index contributed by atoms with van der Waals surface area (Å²) >= 11 is 0. The molecule has 0 bridgehead atoms. The quantitative estimate of drug-likeness (QED) is 0.312. The molecule has 40 heavy (non-hydrogen) atoms. The van der Waals surface area contributed by atoms with E-state index >= 15 is 0 Å². The zero-order chi connectivity index (χ0) is 28.5. The smallest absolute Gasteiger partial charge is 0.246 e. The second-order valence-electron chi connectivity index (χ2n) is 11.0. The van der Waals surface area contributed by atoms with E-state index in [0.29, 0.717) is 18.7 Å². The zero-order valence-electron chi connectivity index (χ0n) is 23.6. The number of ether oxygens (including phenoxy) is 1. The molecule has 3 amide bonds. The molecule has 216 valence electrons. The van der Waals surface area contributed by atoms with Crippen LogP contribution in [0.2, 0.25) is 0 Å². The molecular weight excluding hydrogens is 508 g/mol. The van der Waals surface area contributed by atoms with Gasteiger partial charge in [0.25, 0.3) is 0 Å². The van der Waals surface area contributed by atoms with Gasteiger partial charge in [-0.1, -0.05) is 55.3 Å². The van der Waals surface area contributed by atoms with E-state index in [1.165, 1.54) is 0 Å². The Labute approximate surface area is 236 Å². The SMILES string of the molecule is CN(C)CCCCCCNC(=O)[C@@H]1C[C@@H]2C(=O)N[C@@H](Cc3ccccc3)C(=O)N2[C@@H]1c1cccc(OCCO)c1. The van der Waals surface area contributed by atoms with Gasteiger partial charge in [-0.2, -0.15) is 0 Å². The van der Waals surface area contributed by atoms with Gasteiger partial charge in [0, 0.05) is 13.0 Å². The third-order valence-corrected chi connectivity index (χ3v) is 7.68. The van der Waals surface area contributed by atoms with Crippen LogP contribution in [0.25, 0.3) is 0 Å². The number of fused-ring (bicyclic) bond motifs is 1. The number of hydrogen-bond acceptors (Lipinski definition) is 6. The largest absolute Gasteiger partial charge is 0.491 e. The van der Waals surface area contributed by atoms with Crippen LogP contribution in [-0.4, -0.2) is 85.1 Å². The molecule has 2 aromatic carbocycles. The van der Waals surface area contributed by atoms with Crippen molar-refractivity contribution < 1.29 is 24.2 Å². The normalized spacial score (nSPS) is 22.2. The molecule has 2 aromatic rings. The summed E-state index contributed by atoms with van der Waals surface area (Å²) in [6.07, 6.45) is 4.78. The molecule has 2 aliphatic heterocycles. The van der Waals surface area contributed by atoms with E-state index in [1.54, 1.807) is 17.0 Å². The topological polar surface area (TPSA) is 111 Å². The van der Waals surface area contributed by atoms with Crippen LogP contribution in [0.3, 0.4) is 0 Å². The highest BCUT2D eigenvalue weighted by Gasteiger charge is 2.54. The first-order chi connectivity index (χ1) is 19.4. The Morgan fingerprint density at radius 3 is 2.60 bits per heavy atom. The van der Waals surface area contributed by atoms with Gasteiger partial charge in [-0.25, -0.2) is 0 Å². The highest BCUT2D eigenvalue weighted by atomic mass is 16.5. The minimum atomic E-state index is -0.715. The predicted molar refractivity (Wildman–Crippen MR) is 153 cm³/mol. The predicted octanol–water partition coefficient (Wildman–Crippen LogP) is 2.30. The summed E-state index contributed by atoms with van der Waals surface area (Å²) in [6.45, 7) is 1.63. The van der Waals surface area contributed by atoms with Crippen LogP contribution in [0.1, 0.15) is 49.3 Å². The van der Waals surface area contributed by atoms with Crippen molar-refractivity contribution >= 4 is 17.7 Å². The number of rotatable bonds is 14. The number of nitrogens with zero attached hydrogens (tertiary/aromatic N) is 2. The van der Waals surface area contributed by atoms with Crippen LogP contribution in [-0.2, 0) is 20.8 Å². The van der Waals surface area contributed by atoms with Crippen molar-refractivity contribution in [2.45, 2.75) is 56.7 Å². The average Bonchev–Trinajstić information content (AvgIpc) is 3.36. The molecule has 2 heterocycles. The van der Waals surface area contributed by atoms with Crippen LogP contribution in [0.15, 0.2) is 54.6 Å². The molecule has 0 aromatic heterocycles. The maximum absolute atomic E-state index is 13.9. The Balaban J connectivity index is 1.52. The Morgan fingerprint density at radius 1 is 1.07 bits per heavy atom. The molecule has 0 radical (unpaired) electrons. The molecule has 0 unspecified atom stereocenters. The summed E-state index contributed by atoms with van der Waals surface area (Å²) in [5, 5.41) is 15.2. The fourth-order valence-corrected chi connectivity index (χ4v) is 5.74. The van der Waals surface area contributed by atoms with E-state index < -0.39 is 24.0 Å². The number of aliphatic hydroxyl groups is 1. The van der Waals surface area contributed by atoms with Gasteiger partial charge < -0.3 is 30.3 Å². The number of unbranched alkanes of at least 4 members (excludes halogenated alkanes) is 3. The van der Waals surface area contributed by atoms with Gasteiger partial charge in [-0.15, -0.1) is 0 Å². The number of hydrogen-bond donors (Lipinski definition) is 3. The lowest BCUT2D eigenvalue weighted by molar-refractivity contribution is -0.149. The Morgan fingerprint density at radius 2 is 1.85 bits per heavy atom. The van der Waals surface area contributed by atoms with Crippen LogP contribution in [0.5, 0.6) is 5.75 Å². The number of nitrogens with one attached hydrogen (secondary N) is 2. The Hall–Kier alpha value is -3.43. The molecule has 9 nitrogen and oxygen atoms in total. The number of benzene rings is 2. The molecule has 3 N–H and O–H groups in total. The standard InChI is InChI=1S/C31H42N4O5/c1-34(2)16-9-4-3-8-15-32-29(37)25-21-27-30(38)33-26(19-22-11-6-5-7-12-22)31(39)35(27)28(25)23-13-10-14-24(20-23)40-18-17-36/h5-7,10-14,20,25-28,36H,3-4,8-9,15-19,21H2,1-2H3,(H,32,37)(H,33,38)/t25-,26+,27-,28-/m1/s1. The molecule has 0 saturated carbocycles. The van der Waals surface area contributed by atoms with Crippen LogP contribution >= 0.6 is 0 Å². The van der Waals surface area contributed by atoms with Gasteiger partial charge in [0.15, 0.2) is 0 Å². The number of carbonyl (C=O) groups is 3. The van der Waals surface area contributed by atoms with Gasteiger partial charge >= 0.3 is 0 Å². The van der Waals surface area contributed by atoms with Gasteiger partial charge in [-0.05, 0) is 63.2 Å². The van der Waals surface area contributed by atoms with E-state index in [-0.39, 0.29) is 37.4 Å². The number of carbonyl (C=O) groups excluding carboxylic acids is 3.